The molecular formula is C11H20O2. The summed E-state index contributed by atoms with van der Waals surface area (Å²) in [5, 5.41) is 0. The molecule has 13 heavy (non-hydrogen) atoms. The highest BCUT2D eigenvalue weighted by Crippen LogP contribution is 2.33. The van der Waals surface area contributed by atoms with Crippen LogP contribution in [-0.4, -0.2) is 18.0 Å². The first kappa shape index (κ1) is 10.7. The predicted octanol–water partition coefficient (Wildman–Crippen LogP) is 2.74. The van der Waals surface area contributed by atoms with Crippen molar-refractivity contribution in [3.63, 3.8) is 0 Å². The van der Waals surface area contributed by atoms with Crippen LogP contribution in [0.3, 0.4) is 0 Å². The fourth-order valence-corrected chi connectivity index (χ4v) is 1.76. The third-order valence-electron chi connectivity index (χ3n) is 2.51. The van der Waals surface area contributed by atoms with Gasteiger partial charge in [0.1, 0.15) is 0 Å². The Hall–Kier alpha value is -0.340. The summed E-state index contributed by atoms with van der Waals surface area (Å²) in [5.41, 5.74) is 0. The average molecular weight is 184 g/mol. The van der Waals surface area contributed by atoms with Gasteiger partial charge in [0.15, 0.2) is 5.79 Å². The number of hydrogen-bond donors (Lipinski definition) is 0. The minimum atomic E-state index is -0.428. The predicted molar refractivity (Wildman–Crippen MR) is 53.5 cm³/mol. The van der Waals surface area contributed by atoms with Crippen molar-refractivity contribution in [3.8, 4) is 0 Å². The number of hydrogen-bond acceptors (Lipinski definition) is 2. The van der Waals surface area contributed by atoms with E-state index in [1.54, 1.807) is 0 Å². The molecule has 2 nitrogen and oxygen atoms in total. The molecule has 1 rings (SSSR count). The maximum absolute atomic E-state index is 5.81. The van der Waals surface area contributed by atoms with Crippen LogP contribution in [0.15, 0.2) is 12.7 Å². The van der Waals surface area contributed by atoms with Crippen LogP contribution >= 0.6 is 0 Å². The Kier molecular flexibility index (Phi) is 3.14. The zero-order valence-electron chi connectivity index (χ0n) is 9.04. The van der Waals surface area contributed by atoms with Crippen LogP contribution in [0, 0.1) is 5.92 Å². The maximum atomic E-state index is 5.81. The monoisotopic (exact) mass is 184 g/mol. The van der Waals surface area contributed by atoms with Crippen LogP contribution < -0.4 is 0 Å². The second-order valence-corrected chi connectivity index (χ2v) is 4.14. The van der Waals surface area contributed by atoms with E-state index >= 15 is 0 Å². The summed E-state index contributed by atoms with van der Waals surface area (Å²) < 4.78 is 11.6. The molecule has 2 heteroatoms. The van der Waals surface area contributed by atoms with Gasteiger partial charge in [-0.15, -0.1) is 6.58 Å². The zero-order valence-corrected chi connectivity index (χ0v) is 9.04. The fraction of sp³-hybridized carbons (Fsp3) is 0.818. The van der Waals surface area contributed by atoms with Gasteiger partial charge in [-0.25, -0.2) is 0 Å². The topological polar surface area (TPSA) is 18.5 Å². The molecule has 0 spiro atoms. The lowest BCUT2D eigenvalue weighted by molar-refractivity contribution is -0.148. The van der Waals surface area contributed by atoms with Gasteiger partial charge >= 0.3 is 0 Å². The molecule has 1 fully saturated rings. The van der Waals surface area contributed by atoms with Gasteiger partial charge in [0.2, 0.25) is 0 Å². The molecule has 1 aliphatic rings. The third-order valence-corrected chi connectivity index (χ3v) is 2.51. The Balaban J connectivity index is 2.68. The van der Waals surface area contributed by atoms with Crippen molar-refractivity contribution in [2.45, 2.75) is 52.1 Å². The van der Waals surface area contributed by atoms with Crippen LogP contribution in [0.1, 0.15) is 34.1 Å². The molecule has 3 atom stereocenters. The minimum Gasteiger partial charge on any atom is -0.345 e. The summed E-state index contributed by atoms with van der Waals surface area (Å²) in [5.74, 6) is -0.0745. The quantitative estimate of drug-likeness (QED) is 0.628. The molecule has 0 saturated carbocycles. The first-order valence-electron chi connectivity index (χ1n) is 4.98. The van der Waals surface area contributed by atoms with Crippen molar-refractivity contribution in [2.24, 2.45) is 5.92 Å². The molecule has 0 aromatic carbocycles. The van der Waals surface area contributed by atoms with Crippen LogP contribution in [-0.2, 0) is 9.47 Å². The molecule has 0 bridgehead atoms. The van der Waals surface area contributed by atoms with Gasteiger partial charge in [-0.2, -0.15) is 0 Å². The van der Waals surface area contributed by atoms with Crippen molar-refractivity contribution in [1.82, 2.24) is 0 Å². The van der Waals surface area contributed by atoms with Crippen LogP contribution in [0.2, 0.25) is 0 Å². The highest BCUT2D eigenvalue weighted by Gasteiger charge is 2.41. The molecule has 0 aromatic heterocycles. The van der Waals surface area contributed by atoms with Gasteiger partial charge in [0.25, 0.3) is 0 Å². The van der Waals surface area contributed by atoms with Crippen LogP contribution in [0.25, 0.3) is 0 Å². The maximum Gasteiger partial charge on any atom is 0.163 e. The highest BCUT2D eigenvalue weighted by molar-refractivity contribution is 4.91. The first-order valence-corrected chi connectivity index (χ1v) is 4.98. The summed E-state index contributed by atoms with van der Waals surface area (Å²) >= 11 is 0. The number of ether oxygens (including phenoxy) is 2. The molecule has 0 N–H and O–H groups in total. The largest absolute Gasteiger partial charge is 0.345 e. The lowest BCUT2D eigenvalue weighted by atomic mass is 9.99. The lowest BCUT2D eigenvalue weighted by Gasteiger charge is -2.19. The van der Waals surface area contributed by atoms with Gasteiger partial charge in [-0.05, 0) is 20.3 Å². The molecule has 0 unspecified atom stereocenters. The van der Waals surface area contributed by atoms with E-state index in [1.165, 1.54) is 0 Å². The normalized spacial score (nSPS) is 34.5. The minimum absolute atomic E-state index is 0.164. The third kappa shape index (κ3) is 2.32. The van der Waals surface area contributed by atoms with E-state index in [0.717, 1.165) is 6.42 Å². The summed E-state index contributed by atoms with van der Waals surface area (Å²) in [7, 11) is 0. The molecule has 1 saturated heterocycles. The fourth-order valence-electron chi connectivity index (χ4n) is 1.76. The van der Waals surface area contributed by atoms with Crippen molar-refractivity contribution >= 4 is 0 Å². The zero-order chi connectivity index (χ0) is 10.1. The summed E-state index contributed by atoms with van der Waals surface area (Å²) in [6.45, 7) is 12.0. The van der Waals surface area contributed by atoms with Crippen LogP contribution in [0.5, 0.6) is 0 Å². The second-order valence-electron chi connectivity index (χ2n) is 4.14. The smallest absolute Gasteiger partial charge is 0.163 e. The van der Waals surface area contributed by atoms with Gasteiger partial charge in [0, 0.05) is 5.92 Å². The first-order chi connectivity index (χ1) is 6.00. The Morgan fingerprint density at radius 2 is 2.08 bits per heavy atom. The van der Waals surface area contributed by atoms with E-state index in [9.17, 15) is 0 Å². The van der Waals surface area contributed by atoms with Crippen molar-refractivity contribution in [3.05, 3.63) is 12.7 Å². The molecule has 0 amide bonds. The molecule has 0 radical (unpaired) electrons. The van der Waals surface area contributed by atoms with Crippen molar-refractivity contribution in [1.29, 1.82) is 0 Å². The summed E-state index contributed by atoms with van der Waals surface area (Å²) in [4.78, 5) is 0. The van der Waals surface area contributed by atoms with Gasteiger partial charge in [-0.1, -0.05) is 19.9 Å². The summed E-state index contributed by atoms with van der Waals surface area (Å²) in [6, 6.07) is 0. The van der Waals surface area contributed by atoms with Gasteiger partial charge in [0.05, 0.1) is 12.2 Å². The average Bonchev–Trinajstić information content (AvgIpc) is 2.39. The number of rotatable bonds is 3. The molecular weight excluding hydrogens is 164 g/mol. The van der Waals surface area contributed by atoms with Gasteiger partial charge < -0.3 is 9.47 Å². The second kappa shape index (κ2) is 3.81. The van der Waals surface area contributed by atoms with Crippen molar-refractivity contribution < 1.29 is 9.47 Å². The van der Waals surface area contributed by atoms with E-state index in [1.807, 2.05) is 19.9 Å². The Bertz CT molecular complexity index is 187. The SMILES string of the molecule is C=C[C@H](C)[C@@H]1OC(C)(C)O[C@@H]1CC. The Morgan fingerprint density at radius 1 is 1.46 bits per heavy atom. The standard InChI is InChI=1S/C11H20O2/c1-6-8(3)10-9(7-2)12-11(4,5)13-10/h6,8-10H,1,7H2,2-5H3/t8-,9+,10-/m0/s1. The molecule has 1 aliphatic heterocycles. The van der Waals surface area contributed by atoms with E-state index in [4.69, 9.17) is 9.47 Å². The molecule has 0 aliphatic carbocycles. The molecule has 1 heterocycles. The van der Waals surface area contributed by atoms with Gasteiger partial charge in [-0.3, -0.25) is 0 Å². The lowest BCUT2D eigenvalue weighted by Crippen LogP contribution is -2.27. The van der Waals surface area contributed by atoms with Crippen molar-refractivity contribution in [2.75, 3.05) is 0 Å². The van der Waals surface area contributed by atoms with E-state index in [-0.39, 0.29) is 12.2 Å². The van der Waals surface area contributed by atoms with E-state index < -0.39 is 5.79 Å². The molecule has 76 valence electrons. The molecule has 0 aromatic rings. The van der Waals surface area contributed by atoms with E-state index in [2.05, 4.69) is 20.4 Å². The Labute approximate surface area is 80.9 Å². The Morgan fingerprint density at radius 3 is 2.54 bits per heavy atom. The van der Waals surface area contributed by atoms with E-state index in [0.29, 0.717) is 5.92 Å². The summed E-state index contributed by atoms with van der Waals surface area (Å²) in [6.07, 6.45) is 3.30. The van der Waals surface area contributed by atoms with Crippen LogP contribution in [0.4, 0.5) is 0 Å². The highest BCUT2D eigenvalue weighted by atomic mass is 16.7.